The molecule has 1 aromatic carbocycles. The first-order chi connectivity index (χ1) is 13.0. The normalized spacial score (nSPS) is 11.3. The molecule has 2 rings (SSSR count). The summed E-state index contributed by atoms with van der Waals surface area (Å²) in [5, 5.41) is 6.55. The van der Waals surface area contributed by atoms with Gasteiger partial charge in [0.05, 0.1) is 20.3 Å². The highest BCUT2D eigenvalue weighted by atomic mass is 16.5. The molecule has 0 spiro atoms. The molecule has 7 nitrogen and oxygen atoms in total. The average Bonchev–Trinajstić information content (AvgIpc) is 2.68. The molecule has 1 aromatic heterocycles. The van der Waals surface area contributed by atoms with Crippen molar-refractivity contribution in [2.45, 2.75) is 33.0 Å². The molecule has 2 aromatic rings. The van der Waals surface area contributed by atoms with Gasteiger partial charge in [-0.05, 0) is 37.1 Å². The molecule has 0 atom stereocenters. The van der Waals surface area contributed by atoms with E-state index in [1.165, 1.54) is 0 Å². The largest absolute Gasteiger partial charge is 0.493 e. The summed E-state index contributed by atoms with van der Waals surface area (Å²) in [5.41, 5.74) is 2.10. The number of guanidine groups is 1. The van der Waals surface area contributed by atoms with E-state index in [4.69, 9.17) is 14.2 Å². The van der Waals surface area contributed by atoms with Crippen LogP contribution in [-0.2, 0) is 13.1 Å². The molecule has 0 aliphatic carbocycles. The van der Waals surface area contributed by atoms with Crippen LogP contribution >= 0.6 is 0 Å². The molecule has 0 bridgehead atoms. The summed E-state index contributed by atoms with van der Waals surface area (Å²) < 4.78 is 16.1. The lowest BCUT2D eigenvalue weighted by Gasteiger charge is -2.14. The monoisotopic (exact) mass is 372 g/mol. The van der Waals surface area contributed by atoms with Crippen molar-refractivity contribution < 1.29 is 14.2 Å². The van der Waals surface area contributed by atoms with Gasteiger partial charge in [-0.25, -0.2) is 4.98 Å². The number of ether oxygens (including phenoxy) is 3. The zero-order valence-corrected chi connectivity index (χ0v) is 16.6. The molecule has 0 radical (unpaired) electrons. The summed E-state index contributed by atoms with van der Waals surface area (Å²) in [6, 6.07) is 9.67. The summed E-state index contributed by atoms with van der Waals surface area (Å²) >= 11 is 0. The quantitative estimate of drug-likeness (QED) is 0.548. The number of nitrogens with one attached hydrogen (secondary N) is 2. The maximum atomic E-state index is 5.55. The molecule has 7 heteroatoms. The Morgan fingerprint density at radius 1 is 1.00 bits per heavy atom. The molecule has 0 amide bonds. The Labute approximate surface area is 160 Å². The van der Waals surface area contributed by atoms with Crippen LogP contribution in [0, 0.1) is 0 Å². The molecule has 0 saturated carbocycles. The molecule has 0 fully saturated rings. The minimum atomic E-state index is 0.112. The molecule has 2 N–H and O–H groups in total. The smallest absolute Gasteiger partial charge is 0.213 e. The number of aliphatic imine (C=N–C) groups is 1. The molecule has 0 unspecified atom stereocenters. The Hall–Kier alpha value is -2.96. The minimum Gasteiger partial charge on any atom is -0.493 e. The Kier molecular flexibility index (Phi) is 7.73. The van der Waals surface area contributed by atoms with E-state index in [0.717, 1.165) is 11.1 Å². The molecule has 27 heavy (non-hydrogen) atoms. The molecular formula is C20H28N4O3. The molecule has 0 aliphatic rings. The van der Waals surface area contributed by atoms with Crippen LogP contribution in [0.4, 0.5) is 0 Å². The third kappa shape index (κ3) is 6.36. The van der Waals surface area contributed by atoms with Gasteiger partial charge in [-0.1, -0.05) is 12.1 Å². The Morgan fingerprint density at radius 3 is 2.22 bits per heavy atom. The summed E-state index contributed by atoms with van der Waals surface area (Å²) in [7, 11) is 4.99. The van der Waals surface area contributed by atoms with Crippen LogP contribution < -0.4 is 24.8 Å². The summed E-state index contributed by atoms with van der Waals surface area (Å²) in [6.45, 7) is 5.18. The van der Waals surface area contributed by atoms with Gasteiger partial charge in [-0.2, -0.15) is 0 Å². The van der Waals surface area contributed by atoms with Crippen LogP contribution in [-0.4, -0.2) is 38.3 Å². The fourth-order valence-corrected chi connectivity index (χ4v) is 2.41. The van der Waals surface area contributed by atoms with E-state index in [2.05, 4.69) is 20.6 Å². The van der Waals surface area contributed by atoms with Crippen molar-refractivity contribution in [3.63, 3.8) is 0 Å². The standard InChI is InChI=1S/C20H28N4O3/c1-14(2)27-19-9-7-16(12-22-19)13-24-20(21-3)23-11-15-6-8-17(25-4)18(10-15)26-5/h6-10,12,14H,11,13H2,1-5H3,(H2,21,23,24). The highest BCUT2D eigenvalue weighted by molar-refractivity contribution is 5.79. The van der Waals surface area contributed by atoms with E-state index in [-0.39, 0.29) is 6.10 Å². The molecular weight excluding hydrogens is 344 g/mol. The number of aromatic nitrogens is 1. The topological polar surface area (TPSA) is 77.0 Å². The zero-order valence-electron chi connectivity index (χ0n) is 16.6. The van der Waals surface area contributed by atoms with Crippen molar-refractivity contribution >= 4 is 5.96 Å². The lowest BCUT2D eigenvalue weighted by Crippen LogP contribution is -2.36. The minimum absolute atomic E-state index is 0.112. The maximum Gasteiger partial charge on any atom is 0.213 e. The van der Waals surface area contributed by atoms with Crippen molar-refractivity contribution in [1.82, 2.24) is 15.6 Å². The summed E-state index contributed by atoms with van der Waals surface area (Å²) in [5.74, 6) is 2.74. The van der Waals surface area contributed by atoms with Gasteiger partial charge in [0.1, 0.15) is 0 Å². The third-order valence-electron chi connectivity index (χ3n) is 3.75. The van der Waals surface area contributed by atoms with E-state index < -0.39 is 0 Å². The Bertz CT molecular complexity index is 745. The van der Waals surface area contributed by atoms with E-state index in [0.29, 0.717) is 36.4 Å². The number of hydrogen-bond acceptors (Lipinski definition) is 5. The van der Waals surface area contributed by atoms with Crippen molar-refractivity contribution in [2.24, 2.45) is 4.99 Å². The number of pyridine rings is 1. The lowest BCUT2D eigenvalue weighted by atomic mass is 10.2. The predicted molar refractivity (Wildman–Crippen MR) is 107 cm³/mol. The van der Waals surface area contributed by atoms with E-state index in [1.54, 1.807) is 27.5 Å². The van der Waals surface area contributed by atoms with Crippen LogP contribution in [0.25, 0.3) is 0 Å². The second kappa shape index (κ2) is 10.3. The fraction of sp³-hybridized carbons (Fsp3) is 0.400. The molecule has 0 saturated heterocycles. The van der Waals surface area contributed by atoms with Crippen LogP contribution in [0.5, 0.6) is 17.4 Å². The maximum absolute atomic E-state index is 5.55. The van der Waals surface area contributed by atoms with Crippen molar-refractivity contribution in [1.29, 1.82) is 0 Å². The van der Waals surface area contributed by atoms with Crippen LogP contribution in [0.15, 0.2) is 41.5 Å². The SMILES string of the molecule is CN=C(NCc1ccc(OC(C)C)nc1)NCc1ccc(OC)c(OC)c1. The average molecular weight is 372 g/mol. The van der Waals surface area contributed by atoms with Crippen LogP contribution in [0.1, 0.15) is 25.0 Å². The van der Waals surface area contributed by atoms with Crippen molar-refractivity contribution in [2.75, 3.05) is 21.3 Å². The van der Waals surface area contributed by atoms with E-state index in [9.17, 15) is 0 Å². The van der Waals surface area contributed by atoms with Gasteiger partial charge in [0.25, 0.3) is 0 Å². The first-order valence-corrected chi connectivity index (χ1v) is 8.82. The summed E-state index contributed by atoms with van der Waals surface area (Å²) in [4.78, 5) is 8.55. The molecule has 1 heterocycles. The first-order valence-electron chi connectivity index (χ1n) is 8.82. The third-order valence-corrected chi connectivity index (χ3v) is 3.75. The van der Waals surface area contributed by atoms with E-state index >= 15 is 0 Å². The van der Waals surface area contributed by atoms with Gasteiger partial charge in [0, 0.05) is 32.4 Å². The van der Waals surface area contributed by atoms with Gasteiger partial charge < -0.3 is 24.8 Å². The van der Waals surface area contributed by atoms with Gasteiger partial charge in [-0.3, -0.25) is 4.99 Å². The van der Waals surface area contributed by atoms with Gasteiger partial charge in [0.2, 0.25) is 5.88 Å². The van der Waals surface area contributed by atoms with Crippen LogP contribution in [0.3, 0.4) is 0 Å². The number of rotatable bonds is 8. The highest BCUT2D eigenvalue weighted by Gasteiger charge is 2.06. The predicted octanol–water partition coefficient (Wildman–Crippen LogP) is 2.75. The van der Waals surface area contributed by atoms with Gasteiger partial charge >= 0.3 is 0 Å². The number of benzene rings is 1. The zero-order chi connectivity index (χ0) is 19.6. The highest BCUT2D eigenvalue weighted by Crippen LogP contribution is 2.27. The number of hydrogen-bond donors (Lipinski definition) is 2. The van der Waals surface area contributed by atoms with E-state index in [1.807, 2.05) is 44.2 Å². The molecule has 0 aliphatic heterocycles. The molecule has 146 valence electrons. The second-order valence-corrected chi connectivity index (χ2v) is 6.14. The fourth-order valence-electron chi connectivity index (χ4n) is 2.41. The Balaban J connectivity index is 1.87. The van der Waals surface area contributed by atoms with Gasteiger partial charge in [0.15, 0.2) is 17.5 Å². The van der Waals surface area contributed by atoms with Crippen molar-refractivity contribution in [3.05, 3.63) is 47.7 Å². The van der Waals surface area contributed by atoms with Gasteiger partial charge in [-0.15, -0.1) is 0 Å². The second-order valence-electron chi connectivity index (χ2n) is 6.14. The summed E-state index contributed by atoms with van der Waals surface area (Å²) in [6.07, 6.45) is 1.91. The Morgan fingerprint density at radius 2 is 1.67 bits per heavy atom. The number of methoxy groups -OCH3 is 2. The lowest BCUT2D eigenvalue weighted by molar-refractivity contribution is 0.232. The van der Waals surface area contributed by atoms with Crippen LogP contribution in [0.2, 0.25) is 0 Å². The van der Waals surface area contributed by atoms with Crippen molar-refractivity contribution in [3.8, 4) is 17.4 Å². The number of nitrogens with zero attached hydrogens (tertiary/aromatic N) is 2. The first kappa shape index (κ1) is 20.4.